The third-order valence-corrected chi connectivity index (χ3v) is 4.48. The highest BCUT2D eigenvalue weighted by Gasteiger charge is 2.48. The molecule has 2 aromatic rings. The highest BCUT2D eigenvalue weighted by molar-refractivity contribution is 6.07. The van der Waals surface area contributed by atoms with Gasteiger partial charge in [0.05, 0.1) is 23.1 Å². The van der Waals surface area contributed by atoms with Gasteiger partial charge in [0.25, 0.3) is 11.6 Å². The number of hydrogen-bond donors (Lipinski definition) is 1. The molecule has 1 aliphatic heterocycles. The first-order valence-electron chi connectivity index (χ1n) is 8.37. The van der Waals surface area contributed by atoms with Crippen molar-refractivity contribution in [1.29, 1.82) is 5.26 Å². The number of nitriles is 1. The third-order valence-electron chi connectivity index (χ3n) is 4.48. The van der Waals surface area contributed by atoms with Crippen LogP contribution in [-0.2, 0) is 10.3 Å². The number of nitrogens with zero attached hydrogens (tertiary/aromatic N) is 3. The van der Waals surface area contributed by atoms with Crippen LogP contribution in [0.4, 0.5) is 10.5 Å². The Kier molecular flexibility index (Phi) is 4.96. The maximum Gasteiger partial charge on any atom is 0.325 e. The molecular weight excluding hydrogens is 364 g/mol. The van der Waals surface area contributed by atoms with Gasteiger partial charge in [-0.25, -0.2) is 4.79 Å². The molecule has 3 amide bonds. The van der Waals surface area contributed by atoms with Crippen molar-refractivity contribution in [3.05, 3.63) is 69.8 Å². The zero-order valence-electron chi connectivity index (χ0n) is 14.9. The second-order valence-corrected chi connectivity index (χ2v) is 6.30. The summed E-state index contributed by atoms with van der Waals surface area (Å²) in [5.41, 5.74) is -0.527. The minimum absolute atomic E-state index is 0.0179. The summed E-state index contributed by atoms with van der Waals surface area (Å²) in [6, 6.07) is 13.4. The molecule has 0 unspecified atom stereocenters. The van der Waals surface area contributed by atoms with Gasteiger partial charge in [-0.05, 0) is 42.8 Å². The molecule has 1 fully saturated rings. The van der Waals surface area contributed by atoms with Gasteiger partial charge in [-0.15, -0.1) is 0 Å². The van der Waals surface area contributed by atoms with Crippen molar-refractivity contribution >= 4 is 17.6 Å². The number of rotatable bonds is 6. The van der Waals surface area contributed by atoms with Crippen LogP contribution in [-0.4, -0.2) is 34.9 Å². The summed E-state index contributed by atoms with van der Waals surface area (Å²) in [6.45, 7) is 1.63. The predicted molar refractivity (Wildman–Crippen MR) is 97.3 cm³/mol. The summed E-state index contributed by atoms with van der Waals surface area (Å²) in [5, 5.41) is 22.3. The zero-order valence-corrected chi connectivity index (χ0v) is 14.9. The Bertz CT molecular complexity index is 983. The Morgan fingerprint density at radius 2 is 1.96 bits per heavy atom. The third kappa shape index (κ3) is 3.48. The van der Waals surface area contributed by atoms with Crippen LogP contribution in [0.25, 0.3) is 0 Å². The lowest BCUT2D eigenvalue weighted by Crippen LogP contribution is -2.41. The molecule has 0 radical (unpaired) electrons. The van der Waals surface area contributed by atoms with Gasteiger partial charge in [0, 0.05) is 12.1 Å². The number of imide groups is 1. The quantitative estimate of drug-likeness (QED) is 0.466. The van der Waals surface area contributed by atoms with Crippen molar-refractivity contribution in [2.45, 2.75) is 12.5 Å². The molecule has 28 heavy (non-hydrogen) atoms. The topological polar surface area (TPSA) is 126 Å². The molecule has 1 atom stereocenters. The zero-order chi connectivity index (χ0) is 20.3. The highest BCUT2D eigenvalue weighted by atomic mass is 16.6. The van der Waals surface area contributed by atoms with Crippen molar-refractivity contribution in [2.24, 2.45) is 0 Å². The summed E-state index contributed by atoms with van der Waals surface area (Å²) < 4.78 is 5.52. The van der Waals surface area contributed by atoms with Gasteiger partial charge in [-0.3, -0.25) is 19.8 Å². The lowest BCUT2D eigenvalue weighted by molar-refractivity contribution is -0.384. The summed E-state index contributed by atoms with van der Waals surface area (Å²) in [4.78, 5) is 36.4. The predicted octanol–water partition coefficient (Wildman–Crippen LogP) is 2.31. The molecule has 1 N–H and O–H groups in total. The number of carbonyl (C=O) groups excluding carboxylic acids is 2. The van der Waals surface area contributed by atoms with E-state index in [-0.39, 0.29) is 18.8 Å². The van der Waals surface area contributed by atoms with Gasteiger partial charge >= 0.3 is 6.03 Å². The minimum Gasteiger partial charge on any atom is -0.492 e. The molecule has 142 valence electrons. The molecule has 0 spiro atoms. The first kappa shape index (κ1) is 18.8. The molecule has 0 saturated carbocycles. The van der Waals surface area contributed by atoms with Crippen LogP contribution >= 0.6 is 0 Å². The molecule has 9 heteroatoms. The fourth-order valence-corrected chi connectivity index (χ4v) is 2.92. The summed E-state index contributed by atoms with van der Waals surface area (Å²) >= 11 is 0. The molecular formula is C19H16N4O5. The lowest BCUT2D eigenvalue weighted by Gasteiger charge is -2.22. The summed E-state index contributed by atoms with van der Waals surface area (Å²) in [7, 11) is 0. The number of urea groups is 1. The molecule has 1 heterocycles. The fourth-order valence-electron chi connectivity index (χ4n) is 2.92. The monoisotopic (exact) mass is 380 g/mol. The second kappa shape index (κ2) is 7.36. The molecule has 2 aromatic carbocycles. The normalized spacial score (nSPS) is 18.5. The van der Waals surface area contributed by atoms with E-state index in [1.54, 1.807) is 31.2 Å². The van der Waals surface area contributed by atoms with Crippen LogP contribution in [0, 0.1) is 21.4 Å². The van der Waals surface area contributed by atoms with Gasteiger partial charge < -0.3 is 10.1 Å². The number of nitro benzene ring substituents is 1. The number of carbonyl (C=O) groups is 2. The summed E-state index contributed by atoms with van der Waals surface area (Å²) in [6.07, 6.45) is 0. The average Bonchev–Trinajstić information content (AvgIpc) is 2.92. The van der Waals surface area contributed by atoms with Gasteiger partial charge in [0.1, 0.15) is 17.9 Å². The van der Waals surface area contributed by atoms with E-state index in [2.05, 4.69) is 5.32 Å². The largest absolute Gasteiger partial charge is 0.492 e. The molecule has 1 aliphatic rings. The van der Waals surface area contributed by atoms with Crippen LogP contribution < -0.4 is 10.1 Å². The van der Waals surface area contributed by atoms with Gasteiger partial charge in [-0.2, -0.15) is 5.26 Å². The number of hydrogen-bond acceptors (Lipinski definition) is 6. The number of benzene rings is 2. The standard InChI is InChI=1S/C19H16N4O5/c1-19(14-5-7-15(8-6-14)23(26)27)17(24)22(18(25)21-19)9-10-28-16-4-2-3-13(11-16)12-20/h2-8,11H,9-10H2,1H3,(H,21,25)/t19-/m1/s1. The van der Waals surface area contributed by atoms with E-state index < -0.39 is 22.4 Å². The maximum atomic E-state index is 12.8. The van der Waals surface area contributed by atoms with E-state index in [1.165, 1.54) is 24.3 Å². The van der Waals surface area contributed by atoms with Crippen LogP contribution in [0.1, 0.15) is 18.1 Å². The first-order valence-corrected chi connectivity index (χ1v) is 8.37. The Morgan fingerprint density at radius 1 is 1.25 bits per heavy atom. The molecule has 9 nitrogen and oxygen atoms in total. The number of ether oxygens (including phenoxy) is 1. The van der Waals surface area contributed by atoms with Gasteiger partial charge in [0.15, 0.2) is 0 Å². The van der Waals surface area contributed by atoms with Crippen molar-refractivity contribution < 1.29 is 19.2 Å². The van der Waals surface area contributed by atoms with E-state index in [9.17, 15) is 19.7 Å². The van der Waals surface area contributed by atoms with Crippen LogP contribution in [0.5, 0.6) is 5.75 Å². The van der Waals surface area contributed by atoms with Crippen molar-refractivity contribution in [1.82, 2.24) is 10.2 Å². The second-order valence-electron chi connectivity index (χ2n) is 6.30. The van der Waals surface area contributed by atoms with Crippen LogP contribution in [0.15, 0.2) is 48.5 Å². The van der Waals surface area contributed by atoms with E-state index in [0.717, 1.165) is 4.90 Å². The molecule has 0 aliphatic carbocycles. The van der Waals surface area contributed by atoms with Crippen molar-refractivity contribution in [3.8, 4) is 11.8 Å². The molecule has 0 bridgehead atoms. The first-order chi connectivity index (χ1) is 13.3. The van der Waals surface area contributed by atoms with E-state index in [0.29, 0.717) is 16.9 Å². The Morgan fingerprint density at radius 3 is 2.61 bits per heavy atom. The SMILES string of the molecule is C[C@]1(c2ccc([N+](=O)[O-])cc2)NC(=O)N(CCOc2cccc(C#N)c2)C1=O. The maximum absolute atomic E-state index is 12.8. The van der Waals surface area contributed by atoms with E-state index in [1.807, 2.05) is 6.07 Å². The minimum atomic E-state index is -1.31. The average molecular weight is 380 g/mol. The van der Waals surface area contributed by atoms with Gasteiger partial charge in [0.2, 0.25) is 0 Å². The molecule has 1 saturated heterocycles. The van der Waals surface area contributed by atoms with Crippen molar-refractivity contribution in [3.63, 3.8) is 0 Å². The number of amides is 3. The highest BCUT2D eigenvalue weighted by Crippen LogP contribution is 2.30. The Hall–Kier alpha value is -3.93. The lowest BCUT2D eigenvalue weighted by atomic mass is 9.92. The van der Waals surface area contributed by atoms with E-state index >= 15 is 0 Å². The fraction of sp³-hybridized carbons (Fsp3) is 0.211. The number of nitro groups is 1. The number of nitrogens with one attached hydrogen (secondary N) is 1. The van der Waals surface area contributed by atoms with Crippen LogP contribution in [0.2, 0.25) is 0 Å². The van der Waals surface area contributed by atoms with E-state index in [4.69, 9.17) is 10.00 Å². The smallest absolute Gasteiger partial charge is 0.325 e. The molecule has 3 rings (SSSR count). The molecule has 0 aromatic heterocycles. The Balaban J connectivity index is 1.68. The van der Waals surface area contributed by atoms with Crippen molar-refractivity contribution in [2.75, 3.05) is 13.2 Å². The number of non-ortho nitro benzene ring substituents is 1. The summed E-state index contributed by atoms with van der Waals surface area (Å²) in [5.74, 6) is -0.00929. The van der Waals surface area contributed by atoms with Gasteiger partial charge in [-0.1, -0.05) is 6.07 Å². The Labute approximate surface area is 160 Å². The van der Waals surface area contributed by atoms with Crippen LogP contribution in [0.3, 0.4) is 0 Å².